The van der Waals surface area contributed by atoms with E-state index in [4.69, 9.17) is 4.74 Å². The van der Waals surface area contributed by atoms with Gasteiger partial charge in [0.1, 0.15) is 11.7 Å². The molecule has 1 aliphatic heterocycles. The number of esters is 1. The Labute approximate surface area is 82.8 Å². The van der Waals surface area contributed by atoms with Crippen molar-refractivity contribution in [2.24, 2.45) is 11.8 Å². The summed E-state index contributed by atoms with van der Waals surface area (Å²) in [7, 11) is 0. The average Bonchev–Trinajstić information content (AvgIpc) is 2.55. The zero-order chi connectivity index (χ0) is 9.92. The monoisotopic (exact) mass is 194 g/mol. The number of rotatable bonds is 0. The third-order valence-electron chi connectivity index (χ3n) is 3.90. The van der Waals surface area contributed by atoms with Gasteiger partial charge in [-0.25, -0.2) is 4.79 Å². The van der Waals surface area contributed by atoms with Gasteiger partial charge in [0.15, 0.2) is 0 Å². The van der Waals surface area contributed by atoms with Crippen LogP contribution in [0.15, 0.2) is 11.6 Å². The Morgan fingerprint density at radius 2 is 2.36 bits per heavy atom. The second-order valence-electron chi connectivity index (χ2n) is 4.79. The standard InChI is InChI=1S/C11H14O3/c1-6-4-7-2-3-9-11(7,13)8(5-6)10(12)14-9/h5-7,9,13H,2-4H2,1H3/t6-,7+,9+,11?/m0/s1. The topological polar surface area (TPSA) is 46.5 Å². The van der Waals surface area contributed by atoms with E-state index in [9.17, 15) is 9.90 Å². The molecular formula is C11H14O3. The van der Waals surface area contributed by atoms with Crippen LogP contribution in [0.3, 0.4) is 0 Å². The maximum Gasteiger partial charge on any atom is 0.337 e. The van der Waals surface area contributed by atoms with Gasteiger partial charge in [-0.3, -0.25) is 0 Å². The molecule has 3 aliphatic rings. The molecule has 3 heteroatoms. The van der Waals surface area contributed by atoms with Crippen LogP contribution in [0.2, 0.25) is 0 Å². The smallest absolute Gasteiger partial charge is 0.337 e. The summed E-state index contributed by atoms with van der Waals surface area (Å²) in [6, 6.07) is 0. The van der Waals surface area contributed by atoms with Gasteiger partial charge < -0.3 is 9.84 Å². The highest BCUT2D eigenvalue weighted by Gasteiger charge is 2.61. The molecule has 14 heavy (non-hydrogen) atoms. The Hall–Kier alpha value is -0.830. The average molecular weight is 194 g/mol. The fourth-order valence-corrected chi connectivity index (χ4v) is 3.25. The fourth-order valence-electron chi connectivity index (χ4n) is 3.25. The quantitative estimate of drug-likeness (QED) is 0.586. The van der Waals surface area contributed by atoms with Crippen LogP contribution in [0.1, 0.15) is 26.2 Å². The maximum absolute atomic E-state index is 11.5. The SMILES string of the molecule is C[C@@H]1C=C2C(=O)O[C@@H]3CC[C@H](C1)C23O. The third-order valence-corrected chi connectivity index (χ3v) is 3.90. The Morgan fingerprint density at radius 1 is 1.57 bits per heavy atom. The Morgan fingerprint density at radius 3 is 3.14 bits per heavy atom. The first-order chi connectivity index (χ1) is 6.62. The minimum atomic E-state index is -0.941. The van der Waals surface area contributed by atoms with E-state index in [1.807, 2.05) is 6.08 Å². The molecule has 0 bridgehead atoms. The van der Waals surface area contributed by atoms with E-state index in [-0.39, 0.29) is 18.0 Å². The van der Waals surface area contributed by atoms with Gasteiger partial charge in [0.05, 0.1) is 5.57 Å². The summed E-state index contributed by atoms with van der Waals surface area (Å²) < 4.78 is 5.19. The molecule has 4 atom stereocenters. The second kappa shape index (κ2) is 2.40. The van der Waals surface area contributed by atoms with Crippen LogP contribution >= 0.6 is 0 Å². The van der Waals surface area contributed by atoms with Crippen LogP contribution < -0.4 is 0 Å². The van der Waals surface area contributed by atoms with Crippen LogP contribution in [-0.4, -0.2) is 22.8 Å². The minimum absolute atomic E-state index is 0.231. The van der Waals surface area contributed by atoms with E-state index >= 15 is 0 Å². The van der Waals surface area contributed by atoms with Crippen molar-refractivity contribution in [1.29, 1.82) is 0 Å². The van der Waals surface area contributed by atoms with E-state index in [0.717, 1.165) is 19.3 Å². The van der Waals surface area contributed by atoms with Crippen molar-refractivity contribution in [1.82, 2.24) is 0 Å². The fraction of sp³-hybridized carbons (Fsp3) is 0.727. The number of ether oxygens (including phenoxy) is 1. The molecule has 3 nitrogen and oxygen atoms in total. The summed E-state index contributed by atoms with van der Waals surface area (Å²) in [5, 5.41) is 10.5. The van der Waals surface area contributed by atoms with Gasteiger partial charge in [0.2, 0.25) is 0 Å². The molecule has 0 spiro atoms. The van der Waals surface area contributed by atoms with Crippen molar-refractivity contribution >= 4 is 5.97 Å². The lowest BCUT2D eigenvalue weighted by atomic mass is 9.73. The van der Waals surface area contributed by atoms with Gasteiger partial charge in [0, 0.05) is 0 Å². The van der Waals surface area contributed by atoms with Crippen molar-refractivity contribution in [3.05, 3.63) is 11.6 Å². The van der Waals surface area contributed by atoms with Gasteiger partial charge in [-0.2, -0.15) is 0 Å². The van der Waals surface area contributed by atoms with E-state index in [1.165, 1.54) is 0 Å². The van der Waals surface area contributed by atoms with Crippen LogP contribution in [0.5, 0.6) is 0 Å². The molecule has 0 aromatic carbocycles. The largest absolute Gasteiger partial charge is 0.455 e. The van der Waals surface area contributed by atoms with Gasteiger partial charge in [-0.05, 0) is 31.1 Å². The van der Waals surface area contributed by atoms with Gasteiger partial charge in [-0.15, -0.1) is 0 Å². The second-order valence-corrected chi connectivity index (χ2v) is 4.79. The number of aliphatic hydroxyl groups is 1. The maximum atomic E-state index is 11.5. The van der Waals surface area contributed by atoms with Crippen molar-refractivity contribution in [2.75, 3.05) is 0 Å². The molecule has 1 heterocycles. The van der Waals surface area contributed by atoms with E-state index in [2.05, 4.69) is 6.92 Å². The lowest BCUT2D eigenvalue weighted by Gasteiger charge is -2.33. The first-order valence-electron chi connectivity index (χ1n) is 5.28. The predicted molar refractivity (Wildman–Crippen MR) is 49.4 cm³/mol. The van der Waals surface area contributed by atoms with Gasteiger partial charge >= 0.3 is 5.97 Å². The molecule has 0 aromatic rings. The molecule has 0 amide bonds. The summed E-state index contributed by atoms with van der Waals surface area (Å²) in [6.45, 7) is 2.09. The highest BCUT2D eigenvalue weighted by Crippen LogP contribution is 2.52. The zero-order valence-electron chi connectivity index (χ0n) is 8.19. The minimum Gasteiger partial charge on any atom is -0.455 e. The molecule has 0 aromatic heterocycles. The number of carbonyl (C=O) groups is 1. The van der Waals surface area contributed by atoms with E-state index < -0.39 is 5.60 Å². The molecule has 1 saturated heterocycles. The Bertz CT molecular complexity index is 333. The van der Waals surface area contributed by atoms with Crippen molar-refractivity contribution in [3.63, 3.8) is 0 Å². The van der Waals surface area contributed by atoms with Crippen molar-refractivity contribution in [3.8, 4) is 0 Å². The van der Waals surface area contributed by atoms with Crippen LogP contribution in [0.25, 0.3) is 0 Å². The van der Waals surface area contributed by atoms with Crippen LogP contribution in [0, 0.1) is 11.8 Å². The van der Waals surface area contributed by atoms with E-state index in [0.29, 0.717) is 11.5 Å². The molecular weight excluding hydrogens is 180 g/mol. The summed E-state index contributed by atoms with van der Waals surface area (Å²) in [5.74, 6) is 0.322. The first kappa shape index (κ1) is 8.48. The molecule has 2 aliphatic carbocycles. The van der Waals surface area contributed by atoms with Crippen LogP contribution in [0.4, 0.5) is 0 Å². The molecule has 1 N–H and O–H groups in total. The molecule has 76 valence electrons. The zero-order valence-corrected chi connectivity index (χ0v) is 8.19. The highest BCUT2D eigenvalue weighted by atomic mass is 16.6. The predicted octanol–water partition coefficient (Wildman–Crippen LogP) is 1.02. The van der Waals surface area contributed by atoms with E-state index in [1.54, 1.807) is 0 Å². The van der Waals surface area contributed by atoms with Crippen molar-refractivity contribution < 1.29 is 14.6 Å². The molecule has 1 saturated carbocycles. The molecule has 3 rings (SSSR count). The summed E-state index contributed by atoms with van der Waals surface area (Å²) in [5.41, 5.74) is -0.410. The lowest BCUT2D eigenvalue weighted by Crippen LogP contribution is -2.43. The van der Waals surface area contributed by atoms with Gasteiger partial charge in [-0.1, -0.05) is 13.0 Å². The molecule has 2 fully saturated rings. The number of allylic oxidation sites excluding steroid dienone is 1. The van der Waals surface area contributed by atoms with Gasteiger partial charge in [0.25, 0.3) is 0 Å². The number of carbonyl (C=O) groups excluding carboxylic acids is 1. The normalized spacial score (nSPS) is 50.0. The lowest BCUT2D eigenvalue weighted by molar-refractivity contribution is -0.140. The summed E-state index contributed by atoms with van der Waals surface area (Å²) >= 11 is 0. The first-order valence-corrected chi connectivity index (χ1v) is 5.28. The van der Waals surface area contributed by atoms with Crippen molar-refractivity contribution in [2.45, 2.75) is 37.9 Å². The number of hydrogen-bond acceptors (Lipinski definition) is 3. The molecule has 0 radical (unpaired) electrons. The molecule has 1 unspecified atom stereocenters. The third kappa shape index (κ3) is 0.793. The Kier molecular flexibility index (Phi) is 1.45. The highest BCUT2D eigenvalue weighted by molar-refractivity contribution is 5.94. The number of hydrogen-bond donors (Lipinski definition) is 1. The summed E-state index contributed by atoms with van der Waals surface area (Å²) in [4.78, 5) is 11.5. The Balaban J connectivity index is 2.14. The van der Waals surface area contributed by atoms with Crippen LogP contribution in [-0.2, 0) is 9.53 Å². The summed E-state index contributed by atoms with van der Waals surface area (Å²) in [6.07, 6.45) is 4.41.